The van der Waals surface area contributed by atoms with Crippen LogP contribution in [0.5, 0.6) is 0 Å². The van der Waals surface area contributed by atoms with Crippen molar-refractivity contribution in [3.63, 3.8) is 0 Å². The zero-order valence-electron chi connectivity index (χ0n) is 3.02. The smallest absolute Gasteiger partial charge is 0.0959 e. The van der Waals surface area contributed by atoms with E-state index in [0.29, 0.717) is 16.8 Å². The summed E-state index contributed by atoms with van der Waals surface area (Å²) < 4.78 is 0. The van der Waals surface area contributed by atoms with Crippen molar-refractivity contribution in [3.05, 3.63) is 0 Å². The molecule has 2 nitrogen and oxygen atoms in total. The average Bonchev–Trinajstić information content (AvgIpc) is 1.61. The van der Waals surface area contributed by atoms with Gasteiger partial charge in [0.1, 0.15) is 0 Å². The number of nitrogens with one attached hydrogen (secondary N) is 1. The molecule has 0 aliphatic heterocycles. The molecule has 0 aromatic heterocycles. The summed E-state index contributed by atoms with van der Waals surface area (Å²) in [4.78, 5) is 0. The molecule has 0 aliphatic carbocycles. The van der Waals surface area contributed by atoms with Crippen LogP contribution in [0.3, 0.4) is 0 Å². The standard InChI is InChI=1S/C2H2N2Si2/c3-1-5-6-2-4/h1,3H. The second kappa shape index (κ2) is 4.59. The largest absolute Gasteiger partial charge is 0.307 e. The van der Waals surface area contributed by atoms with E-state index in [4.69, 9.17) is 10.7 Å². The molecule has 0 aliphatic rings. The van der Waals surface area contributed by atoms with Gasteiger partial charge in [0.15, 0.2) is 0 Å². The van der Waals surface area contributed by atoms with Gasteiger partial charge in [-0.2, -0.15) is 5.26 Å². The van der Waals surface area contributed by atoms with Crippen molar-refractivity contribution in [1.29, 1.82) is 10.7 Å². The monoisotopic (exact) mass is 110 g/mol. The van der Waals surface area contributed by atoms with E-state index in [2.05, 4.69) is 0 Å². The molecule has 0 saturated carbocycles. The lowest BCUT2D eigenvalue weighted by molar-refractivity contribution is 1.56. The van der Waals surface area contributed by atoms with Gasteiger partial charge in [-0.25, -0.2) is 0 Å². The van der Waals surface area contributed by atoms with Gasteiger partial charge in [-0.1, -0.05) is 0 Å². The molecule has 0 aromatic rings. The van der Waals surface area contributed by atoms with Crippen molar-refractivity contribution in [2.75, 3.05) is 0 Å². The molecule has 1 N–H and O–H groups in total. The van der Waals surface area contributed by atoms with Gasteiger partial charge in [-0.3, -0.25) is 0 Å². The third-order valence-electron chi connectivity index (χ3n) is 0.200. The van der Waals surface area contributed by atoms with Crippen molar-refractivity contribution < 1.29 is 0 Å². The van der Waals surface area contributed by atoms with Gasteiger partial charge in [-0.15, -0.1) is 0 Å². The molecular weight excluding hydrogens is 108 g/mol. The Labute approximate surface area is 39.9 Å². The van der Waals surface area contributed by atoms with Crippen molar-refractivity contribution in [2.45, 2.75) is 0 Å². The first kappa shape index (κ1) is 5.59. The van der Waals surface area contributed by atoms with Crippen molar-refractivity contribution in [2.24, 2.45) is 0 Å². The summed E-state index contributed by atoms with van der Waals surface area (Å²) in [6.07, 6.45) is 0. The molecule has 0 atom stereocenters. The average molecular weight is 110 g/mol. The van der Waals surface area contributed by atoms with Crippen LogP contribution in [0.4, 0.5) is 0 Å². The molecule has 6 heavy (non-hydrogen) atoms. The van der Waals surface area contributed by atoms with Crippen LogP contribution in [0.1, 0.15) is 0 Å². The van der Waals surface area contributed by atoms with E-state index in [1.165, 1.54) is 5.84 Å². The highest BCUT2D eigenvalue weighted by Gasteiger charge is 1.48. The van der Waals surface area contributed by atoms with Crippen molar-refractivity contribution in [3.8, 4) is 5.69 Å². The Morgan fingerprint density at radius 1 is 1.83 bits per heavy atom. The molecule has 0 rings (SSSR count). The number of rotatable bonds is 0. The van der Waals surface area contributed by atoms with Crippen LogP contribution < -0.4 is 0 Å². The predicted octanol–water partition coefficient (Wildman–Crippen LogP) is -0.602. The minimum atomic E-state index is 0.305. The highest BCUT2D eigenvalue weighted by molar-refractivity contribution is 6.81. The Morgan fingerprint density at radius 3 is 2.67 bits per heavy atom. The highest BCUT2D eigenvalue weighted by atomic mass is 28.7. The minimum Gasteiger partial charge on any atom is -0.307 e. The van der Waals surface area contributed by atoms with Gasteiger partial charge >= 0.3 is 0 Å². The fraction of sp³-hybridized carbons (Fsp3) is 0. The van der Waals surface area contributed by atoms with Gasteiger partial charge in [0.25, 0.3) is 0 Å². The maximum atomic E-state index is 7.86. The second-order valence-corrected chi connectivity index (χ2v) is 3.19. The third-order valence-corrected chi connectivity index (χ3v) is 1.80. The van der Waals surface area contributed by atoms with Gasteiger partial charge in [-0.05, 0) is 0 Å². The van der Waals surface area contributed by atoms with E-state index in [0.717, 1.165) is 0 Å². The first-order valence-corrected chi connectivity index (χ1v) is 4.38. The summed E-state index contributed by atoms with van der Waals surface area (Å²) in [6, 6.07) is 0. The van der Waals surface area contributed by atoms with Crippen molar-refractivity contribution >= 4 is 22.7 Å². The van der Waals surface area contributed by atoms with Crippen molar-refractivity contribution in [1.82, 2.24) is 0 Å². The van der Waals surface area contributed by atoms with E-state index in [9.17, 15) is 0 Å². The highest BCUT2D eigenvalue weighted by Crippen LogP contribution is 1.22. The first-order valence-electron chi connectivity index (χ1n) is 1.30. The summed E-state index contributed by atoms with van der Waals surface area (Å²) >= 11 is 0. The van der Waals surface area contributed by atoms with E-state index in [1.54, 1.807) is 0 Å². The summed E-state index contributed by atoms with van der Waals surface area (Å²) in [5.41, 5.74) is 1.96. The Balaban J connectivity index is 3.50. The first-order chi connectivity index (χ1) is 2.91. The van der Waals surface area contributed by atoms with Gasteiger partial charge in [0.2, 0.25) is 0 Å². The van der Waals surface area contributed by atoms with Crippen LogP contribution in [0.2, 0.25) is 0 Å². The third kappa shape index (κ3) is 3.59. The number of nitrogens with zero attached hydrogens (tertiary/aromatic N) is 1. The lowest BCUT2D eigenvalue weighted by Crippen LogP contribution is -1.72. The maximum absolute atomic E-state index is 7.86. The molecule has 0 unspecified atom stereocenters. The molecular formula is C2H2N2Si2. The Morgan fingerprint density at radius 2 is 2.50 bits per heavy atom. The zero-order chi connectivity index (χ0) is 4.83. The summed E-state index contributed by atoms with van der Waals surface area (Å²) in [5, 5.41) is 14.3. The maximum Gasteiger partial charge on any atom is 0.0959 e. The van der Waals surface area contributed by atoms with Crippen LogP contribution in [0.25, 0.3) is 0 Å². The SMILES string of the molecule is N#C[Si]#[Si]C=N. The van der Waals surface area contributed by atoms with E-state index >= 15 is 0 Å². The van der Waals surface area contributed by atoms with E-state index < -0.39 is 0 Å². The number of hydrogen-bond donors (Lipinski definition) is 1. The van der Waals surface area contributed by atoms with E-state index in [1.807, 2.05) is 5.69 Å². The molecule has 0 spiro atoms. The molecule has 0 heterocycles. The van der Waals surface area contributed by atoms with Gasteiger partial charge in [0, 0.05) is 14.3 Å². The predicted molar refractivity (Wildman–Crippen MR) is 25.9 cm³/mol. The zero-order valence-corrected chi connectivity index (χ0v) is 5.02. The lowest BCUT2D eigenvalue weighted by Gasteiger charge is -1.43. The normalized spacial score (nSPS) is 3.83. The molecule has 0 bridgehead atoms. The Kier molecular flexibility index (Phi) is 4.28. The quantitative estimate of drug-likeness (QED) is 0.328. The molecule has 0 aromatic carbocycles. The molecule has 28 valence electrons. The fourth-order valence-electron chi connectivity index (χ4n) is 0.0684. The molecule has 0 amide bonds. The Hall–Kier alpha value is -0.406. The fourth-order valence-corrected chi connectivity index (χ4v) is 0.615. The summed E-state index contributed by atoms with van der Waals surface area (Å²) in [6.45, 7) is 0. The van der Waals surface area contributed by atoms with E-state index in [-0.39, 0.29) is 0 Å². The summed E-state index contributed by atoms with van der Waals surface area (Å²) in [7, 11) is 0.728. The minimum absolute atomic E-state index is 0.305. The topological polar surface area (TPSA) is 47.6 Å². The Bertz CT molecular complexity index is 134. The van der Waals surface area contributed by atoms with Crippen LogP contribution in [0, 0.1) is 16.4 Å². The molecule has 4 heteroatoms. The molecule has 0 radical (unpaired) electrons. The summed E-state index contributed by atoms with van der Waals surface area (Å²) in [5.74, 6) is 1.28. The second-order valence-electron chi connectivity index (χ2n) is 0.525. The molecule has 0 fully saturated rings. The van der Waals surface area contributed by atoms with Crippen LogP contribution in [0.15, 0.2) is 0 Å². The van der Waals surface area contributed by atoms with Gasteiger partial charge < -0.3 is 5.41 Å². The van der Waals surface area contributed by atoms with Crippen LogP contribution >= 0.6 is 0 Å². The van der Waals surface area contributed by atoms with Gasteiger partial charge in [0.05, 0.1) is 14.1 Å². The van der Waals surface area contributed by atoms with Crippen LogP contribution in [-0.4, -0.2) is 22.7 Å². The lowest BCUT2D eigenvalue weighted by atomic mass is 11.7. The van der Waals surface area contributed by atoms with Crippen LogP contribution in [-0.2, 0) is 0 Å². The number of hydrogen-bond acceptors (Lipinski definition) is 2. The molecule has 0 saturated heterocycles. The number of nitriles is 1.